The minimum absolute atomic E-state index is 0.508. The summed E-state index contributed by atoms with van der Waals surface area (Å²) in [7, 11) is 0. The van der Waals surface area contributed by atoms with Crippen molar-refractivity contribution in [2.45, 2.75) is 44.9 Å². The molecule has 1 heteroatoms. The lowest BCUT2D eigenvalue weighted by atomic mass is 9.76. The highest BCUT2D eigenvalue weighted by Crippen LogP contribution is 2.53. The molecular formula is C15H19N. The first kappa shape index (κ1) is 9.09. The number of nitrogens with zero attached hydrogens (tertiary/aromatic N) is 1. The smallest absolute Gasteiger partial charge is 0.0443 e. The van der Waals surface area contributed by atoms with Crippen molar-refractivity contribution in [2.75, 3.05) is 18.0 Å². The van der Waals surface area contributed by atoms with Crippen LogP contribution in [-0.4, -0.2) is 13.1 Å². The van der Waals surface area contributed by atoms with E-state index in [2.05, 4.69) is 24.8 Å². The first-order valence-corrected chi connectivity index (χ1v) is 6.60. The van der Waals surface area contributed by atoms with Crippen LogP contribution in [0.2, 0.25) is 0 Å². The molecule has 1 aromatic carbocycles. The van der Waals surface area contributed by atoms with Crippen LogP contribution in [0.5, 0.6) is 0 Å². The van der Waals surface area contributed by atoms with Crippen LogP contribution in [0.1, 0.15) is 42.0 Å². The van der Waals surface area contributed by atoms with Crippen LogP contribution in [0, 0.1) is 6.92 Å². The third-order valence-electron chi connectivity index (χ3n) is 5.14. The first-order chi connectivity index (χ1) is 7.69. The Kier molecular flexibility index (Phi) is 1.50. The molecule has 1 aromatic rings. The molecule has 0 amide bonds. The SMILES string of the molecule is Cc1cc2c3c4c1CCN4CCC3(C)CC2. The Labute approximate surface area is 97.5 Å². The van der Waals surface area contributed by atoms with Crippen molar-refractivity contribution in [3.63, 3.8) is 0 Å². The van der Waals surface area contributed by atoms with E-state index in [9.17, 15) is 0 Å². The number of aryl methyl sites for hydroxylation is 2. The van der Waals surface area contributed by atoms with E-state index in [4.69, 9.17) is 0 Å². The summed E-state index contributed by atoms with van der Waals surface area (Å²) in [4.78, 5) is 2.65. The Hall–Kier alpha value is -0.980. The van der Waals surface area contributed by atoms with Crippen molar-refractivity contribution in [1.29, 1.82) is 0 Å². The maximum Gasteiger partial charge on any atom is 0.0443 e. The zero-order valence-electron chi connectivity index (χ0n) is 10.3. The Morgan fingerprint density at radius 3 is 2.94 bits per heavy atom. The molecule has 1 nitrogen and oxygen atoms in total. The summed E-state index contributed by atoms with van der Waals surface area (Å²) in [6.07, 6.45) is 5.35. The van der Waals surface area contributed by atoms with E-state index in [0.29, 0.717) is 5.41 Å². The molecule has 1 aliphatic carbocycles. The van der Waals surface area contributed by atoms with E-state index < -0.39 is 0 Å². The Morgan fingerprint density at radius 2 is 2.06 bits per heavy atom. The predicted octanol–water partition coefficient (Wildman–Crippen LogP) is 2.97. The summed E-state index contributed by atoms with van der Waals surface area (Å²) < 4.78 is 0. The number of anilines is 1. The van der Waals surface area contributed by atoms with Crippen LogP contribution < -0.4 is 4.90 Å². The highest BCUT2D eigenvalue weighted by molar-refractivity contribution is 5.72. The predicted molar refractivity (Wildman–Crippen MR) is 67.4 cm³/mol. The molecule has 2 aliphatic heterocycles. The molecule has 0 aromatic heterocycles. The van der Waals surface area contributed by atoms with E-state index in [1.54, 1.807) is 27.9 Å². The van der Waals surface area contributed by atoms with Gasteiger partial charge >= 0.3 is 0 Å². The summed E-state index contributed by atoms with van der Waals surface area (Å²) >= 11 is 0. The fourth-order valence-electron chi connectivity index (χ4n) is 4.19. The lowest BCUT2D eigenvalue weighted by Gasteiger charge is -2.38. The molecule has 0 N–H and O–H groups in total. The van der Waals surface area contributed by atoms with Gasteiger partial charge < -0.3 is 4.90 Å². The van der Waals surface area contributed by atoms with Crippen molar-refractivity contribution in [3.05, 3.63) is 28.3 Å². The maximum atomic E-state index is 2.65. The van der Waals surface area contributed by atoms with Crippen molar-refractivity contribution in [2.24, 2.45) is 0 Å². The lowest BCUT2D eigenvalue weighted by molar-refractivity contribution is 0.418. The summed E-state index contributed by atoms with van der Waals surface area (Å²) in [6, 6.07) is 2.48. The third kappa shape index (κ3) is 0.888. The quantitative estimate of drug-likeness (QED) is 0.640. The second-order valence-corrected chi connectivity index (χ2v) is 6.10. The summed E-state index contributed by atoms with van der Waals surface area (Å²) in [6.45, 7) is 7.35. The van der Waals surface area contributed by atoms with Crippen LogP contribution >= 0.6 is 0 Å². The standard InChI is InChI=1S/C15H19N/c1-10-9-11-3-5-15(2)6-8-16-7-4-12(10)14(16)13(11)15/h9H,3-8H2,1-2H3. The topological polar surface area (TPSA) is 3.24 Å². The van der Waals surface area contributed by atoms with Crippen LogP contribution in [0.25, 0.3) is 0 Å². The second-order valence-electron chi connectivity index (χ2n) is 6.10. The van der Waals surface area contributed by atoms with Gasteiger partial charge in [0.2, 0.25) is 0 Å². The molecule has 0 saturated heterocycles. The van der Waals surface area contributed by atoms with Gasteiger partial charge in [-0.25, -0.2) is 0 Å². The van der Waals surface area contributed by atoms with Gasteiger partial charge in [-0.15, -0.1) is 0 Å². The van der Waals surface area contributed by atoms with Crippen molar-refractivity contribution in [3.8, 4) is 0 Å². The Bertz CT molecular complexity index is 489. The highest BCUT2D eigenvalue weighted by Gasteiger charge is 2.43. The largest absolute Gasteiger partial charge is 0.371 e. The molecule has 84 valence electrons. The van der Waals surface area contributed by atoms with Gasteiger partial charge in [-0.2, -0.15) is 0 Å². The maximum absolute atomic E-state index is 2.65. The number of rotatable bonds is 0. The average Bonchev–Trinajstić information content (AvgIpc) is 2.79. The fourth-order valence-corrected chi connectivity index (χ4v) is 4.19. The first-order valence-electron chi connectivity index (χ1n) is 6.60. The number of hydrogen-bond donors (Lipinski definition) is 0. The minimum atomic E-state index is 0.508. The average molecular weight is 213 g/mol. The van der Waals surface area contributed by atoms with Crippen LogP contribution in [0.15, 0.2) is 6.07 Å². The van der Waals surface area contributed by atoms with E-state index >= 15 is 0 Å². The molecule has 1 atom stereocenters. The fraction of sp³-hybridized carbons (Fsp3) is 0.600. The van der Waals surface area contributed by atoms with Gasteiger partial charge in [0.05, 0.1) is 0 Å². The van der Waals surface area contributed by atoms with Crippen molar-refractivity contribution in [1.82, 2.24) is 0 Å². The number of benzene rings is 1. The molecule has 0 fully saturated rings. The van der Waals surface area contributed by atoms with E-state index in [-0.39, 0.29) is 0 Å². The van der Waals surface area contributed by atoms with Crippen LogP contribution in [0.4, 0.5) is 5.69 Å². The minimum Gasteiger partial charge on any atom is -0.371 e. The Morgan fingerprint density at radius 1 is 1.19 bits per heavy atom. The van der Waals surface area contributed by atoms with E-state index in [0.717, 1.165) is 0 Å². The lowest BCUT2D eigenvalue weighted by Crippen LogP contribution is -2.35. The Balaban J connectivity index is 2.10. The summed E-state index contributed by atoms with van der Waals surface area (Å²) in [5.74, 6) is 0. The molecule has 3 aliphatic rings. The molecule has 1 unspecified atom stereocenters. The van der Waals surface area contributed by atoms with Gasteiger partial charge in [-0.3, -0.25) is 0 Å². The molecule has 0 radical (unpaired) electrons. The highest BCUT2D eigenvalue weighted by atomic mass is 15.2. The third-order valence-corrected chi connectivity index (χ3v) is 5.14. The zero-order chi connectivity index (χ0) is 10.9. The van der Waals surface area contributed by atoms with E-state index in [1.165, 1.54) is 38.8 Å². The van der Waals surface area contributed by atoms with Crippen LogP contribution in [-0.2, 0) is 18.3 Å². The van der Waals surface area contributed by atoms with Gasteiger partial charge in [-0.05, 0) is 60.3 Å². The van der Waals surface area contributed by atoms with Crippen LogP contribution in [0.3, 0.4) is 0 Å². The molecule has 0 spiro atoms. The van der Waals surface area contributed by atoms with Crippen molar-refractivity contribution >= 4 is 5.69 Å². The van der Waals surface area contributed by atoms with Gasteiger partial charge in [0.15, 0.2) is 0 Å². The molecule has 16 heavy (non-hydrogen) atoms. The molecule has 4 rings (SSSR count). The molecule has 0 bridgehead atoms. The number of hydrogen-bond acceptors (Lipinski definition) is 1. The molecule has 2 heterocycles. The second kappa shape index (κ2) is 2.64. The zero-order valence-corrected chi connectivity index (χ0v) is 10.3. The van der Waals surface area contributed by atoms with Crippen molar-refractivity contribution < 1.29 is 0 Å². The van der Waals surface area contributed by atoms with Gasteiger partial charge in [0, 0.05) is 18.8 Å². The van der Waals surface area contributed by atoms with Gasteiger partial charge in [-0.1, -0.05) is 13.0 Å². The monoisotopic (exact) mass is 213 g/mol. The summed E-state index contributed by atoms with van der Waals surface area (Å²) in [5.41, 5.74) is 8.76. The van der Waals surface area contributed by atoms with Gasteiger partial charge in [0.1, 0.15) is 0 Å². The van der Waals surface area contributed by atoms with Gasteiger partial charge in [0.25, 0.3) is 0 Å². The molecular weight excluding hydrogens is 194 g/mol. The van der Waals surface area contributed by atoms with E-state index in [1.807, 2.05) is 0 Å². The normalized spacial score (nSPS) is 29.8. The summed E-state index contributed by atoms with van der Waals surface area (Å²) in [5, 5.41) is 0. The molecule has 0 saturated carbocycles.